The Kier molecular flexibility index (Phi) is 6.67. The third-order valence-corrected chi connectivity index (χ3v) is 6.90. The van der Waals surface area contributed by atoms with Crippen LogP contribution in [-0.4, -0.2) is 65.9 Å². The number of pyridine rings is 1. The topological polar surface area (TPSA) is 56.8 Å². The summed E-state index contributed by atoms with van der Waals surface area (Å²) in [4.78, 5) is 36.2. The fourth-order valence-corrected chi connectivity index (χ4v) is 5.08. The second kappa shape index (κ2) is 9.59. The predicted molar refractivity (Wildman–Crippen MR) is 114 cm³/mol. The molecule has 0 aromatic carbocycles. The van der Waals surface area contributed by atoms with Crippen LogP contribution in [0.15, 0.2) is 24.4 Å². The number of piperidine rings is 2. The van der Waals surface area contributed by atoms with Gasteiger partial charge in [0.1, 0.15) is 5.82 Å². The van der Waals surface area contributed by atoms with Crippen LogP contribution in [0.3, 0.4) is 0 Å². The van der Waals surface area contributed by atoms with Crippen LogP contribution in [0.4, 0.5) is 5.82 Å². The molecule has 0 N–H and O–H groups in total. The normalized spacial score (nSPS) is 23.4. The highest BCUT2D eigenvalue weighted by molar-refractivity contribution is 5.80. The molecule has 0 radical (unpaired) electrons. The van der Waals surface area contributed by atoms with Gasteiger partial charge in [-0.15, -0.1) is 0 Å². The molecule has 6 heteroatoms. The van der Waals surface area contributed by atoms with E-state index >= 15 is 0 Å². The molecule has 2 amide bonds. The van der Waals surface area contributed by atoms with Crippen LogP contribution in [0.2, 0.25) is 0 Å². The Hall–Kier alpha value is -2.11. The average Bonchev–Trinajstić information content (AvgIpc) is 3.33. The molecule has 1 aromatic rings. The lowest BCUT2D eigenvalue weighted by atomic mass is 9.90. The van der Waals surface area contributed by atoms with Gasteiger partial charge < -0.3 is 14.7 Å². The van der Waals surface area contributed by atoms with Crippen LogP contribution in [0.5, 0.6) is 0 Å². The lowest BCUT2D eigenvalue weighted by Crippen LogP contribution is -2.47. The van der Waals surface area contributed by atoms with Gasteiger partial charge in [0.05, 0.1) is 5.92 Å². The van der Waals surface area contributed by atoms with Gasteiger partial charge >= 0.3 is 0 Å². The molecule has 0 spiro atoms. The van der Waals surface area contributed by atoms with E-state index in [-0.39, 0.29) is 5.92 Å². The highest BCUT2D eigenvalue weighted by Gasteiger charge is 2.32. The van der Waals surface area contributed by atoms with Gasteiger partial charge in [-0.1, -0.05) is 6.07 Å². The highest BCUT2D eigenvalue weighted by atomic mass is 16.2. The number of likely N-dealkylation sites (tertiary alicyclic amines) is 2. The smallest absolute Gasteiger partial charge is 0.227 e. The van der Waals surface area contributed by atoms with Gasteiger partial charge in [0.15, 0.2) is 0 Å². The summed E-state index contributed by atoms with van der Waals surface area (Å²) in [6, 6.07) is 5.97. The Morgan fingerprint density at radius 2 is 1.72 bits per heavy atom. The van der Waals surface area contributed by atoms with E-state index in [1.807, 2.05) is 29.3 Å². The number of aromatic nitrogens is 1. The third kappa shape index (κ3) is 5.09. The van der Waals surface area contributed by atoms with E-state index in [2.05, 4.69) is 14.8 Å². The molecule has 0 aliphatic carbocycles. The SMILES string of the molecule is O=C(CCC1CCN(C(=O)C2CCCN(c3ccccn3)C2)CC1)N1CCCC1. The van der Waals surface area contributed by atoms with Crippen LogP contribution in [-0.2, 0) is 9.59 Å². The Morgan fingerprint density at radius 1 is 0.931 bits per heavy atom. The van der Waals surface area contributed by atoms with Crippen LogP contribution in [0, 0.1) is 11.8 Å². The summed E-state index contributed by atoms with van der Waals surface area (Å²) in [7, 11) is 0. The van der Waals surface area contributed by atoms with Crippen molar-refractivity contribution in [3.05, 3.63) is 24.4 Å². The zero-order valence-corrected chi connectivity index (χ0v) is 17.5. The maximum absolute atomic E-state index is 13.1. The summed E-state index contributed by atoms with van der Waals surface area (Å²) in [6.45, 7) is 5.35. The lowest BCUT2D eigenvalue weighted by Gasteiger charge is -2.38. The minimum absolute atomic E-state index is 0.0825. The molecule has 4 heterocycles. The molecule has 3 aliphatic heterocycles. The van der Waals surface area contributed by atoms with Gasteiger partial charge in [0, 0.05) is 51.9 Å². The number of rotatable bonds is 5. The molecule has 29 heavy (non-hydrogen) atoms. The van der Waals surface area contributed by atoms with Crippen molar-refractivity contribution < 1.29 is 9.59 Å². The summed E-state index contributed by atoms with van der Waals surface area (Å²) in [5, 5.41) is 0. The number of nitrogens with zero attached hydrogens (tertiary/aromatic N) is 4. The van der Waals surface area contributed by atoms with E-state index in [0.29, 0.717) is 24.2 Å². The van der Waals surface area contributed by atoms with Crippen molar-refractivity contribution in [1.82, 2.24) is 14.8 Å². The van der Waals surface area contributed by atoms with Gasteiger partial charge in [-0.3, -0.25) is 9.59 Å². The fourth-order valence-electron chi connectivity index (χ4n) is 5.08. The van der Waals surface area contributed by atoms with E-state index in [9.17, 15) is 9.59 Å². The molecule has 3 saturated heterocycles. The van der Waals surface area contributed by atoms with Crippen molar-refractivity contribution in [2.24, 2.45) is 11.8 Å². The number of anilines is 1. The number of amides is 2. The monoisotopic (exact) mass is 398 g/mol. The van der Waals surface area contributed by atoms with E-state index in [4.69, 9.17) is 0 Å². The molecular weight excluding hydrogens is 364 g/mol. The first-order valence-electron chi connectivity index (χ1n) is 11.4. The molecule has 158 valence electrons. The van der Waals surface area contributed by atoms with E-state index < -0.39 is 0 Å². The fraction of sp³-hybridized carbons (Fsp3) is 0.696. The van der Waals surface area contributed by atoms with Gasteiger partial charge in [0.2, 0.25) is 11.8 Å². The van der Waals surface area contributed by atoms with Crippen molar-refractivity contribution in [3.63, 3.8) is 0 Å². The number of carbonyl (C=O) groups excluding carboxylic acids is 2. The van der Waals surface area contributed by atoms with Crippen molar-refractivity contribution in [2.75, 3.05) is 44.2 Å². The Bertz CT molecular complexity index is 681. The summed E-state index contributed by atoms with van der Waals surface area (Å²) in [5.74, 6) is 2.29. The van der Waals surface area contributed by atoms with Crippen molar-refractivity contribution in [1.29, 1.82) is 0 Å². The third-order valence-electron chi connectivity index (χ3n) is 6.90. The average molecular weight is 399 g/mol. The van der Waals surface area contributed by atoms with Gasteiger partial charge in [-0.2, -0.15) is 0 Å². The molecular formula is C23H34N4O2. The van der Waals surface area contributed by atoms with Crippen LogP contribution in [0.25, 0.3) is 0 Å². The summed E-state index contributed by atoms with van der Waals surface area (Å²) >= 11 is 0. The largest absolute Gasteiger partial charge is 0.356 e. The molecule has 3 aliphatic rings. The standard InChI is InChI=1S/C23H34N4O2/c28-22(25-13-3-4-14-25)9-8-19-10-16-26(17-11-19)23(29)20-6-5-15-27(18-20)21-7-1-2-12-24-21/h1-2,7,12,19-20H,3-6,8-11,13-18H2. The molecule has 3 fully saturated rings. The minimum Gasteiger partial charge on any atom is -0.356 e. The zero-order chi connectivity index (χ0) is 20.1. The minimum atomic E-state index is 0.0825. The number of hydrogen-bond acceptors (Lipinski definition) is 4. The molecule has 6 nitrogen and oxygen atoms in total. The van der Waals surface area contributed by atoms with Crippen LogP contribution < -0.4 is 4.90 Å². The van der Waals surface area contributed by atoms with Gasteiger partial charge in [-0.25, -0.2) is 4.98 Å². The highest BCUT2D eigenvalue weighted by Crippen LogP contribution is 2.27. The molecule has 0 saturated carbocycles. The number of carbonyl (C=O) groups is 2. The van der Waals surface area contributed by atoms with Crippen molar-refractivity contribution in [2.45, 2.75) is 51.4 Å². The summed E-state index contributed by atoms with van der Waals surface area (Å²) in [6.07, 6.45) is 9.89. The first kappa shape index (κ1) is 20.2. The van der Waals surface area contributed by atoms with Crippen molar-refractivity contribution >= 4 is 17.6 Å². The maximum atomic E-state index is 13.1. The first-order valence-corrected chi connectivity index (χ1v) is 11.4. The molecule has 1 atom stereocenters. The van der Waals surface area contributed by atoms with E-state index in [1.54, 1.807) is 0 Å². The van der Waals surface area contributed by atoms with E-state index in [1.165, 1.54) is 0 Å². The second-order valence-electron chi connectivity index (χ2n) is 8.87. The predicted octanol–water partition coefficient (Wildman–Crippen LogP) is 2.94. The Balaban J connectivity index is 1.22. The van der Waals surface area contributed by atoms with Crippen LogP contribution in [0.1, 0.15) is 51.4 Å². The van der Waals surface area contributed by atoms with Crippen LogP contribution >= 0.6 is 0 Å². The molecule has 0 bridgehead atoms. The second-order valence-corrected chi connectivity index (χ2v) is 8.87. The van der Waals surface area contributed by atoms with Crippen molar-refractivity contribution in [3.8, 4) is 0 Å². The summed E-state index contributed by atoms with van der Waals surface area (Å²) in [5.41, 5.74) is 0. The maximum Gasteiger partial charge on any atom is 0.227 e. The molecule has 1 unspecified atom stereocenters. The Labute approximate surface area is 174 Å². The van der Waals surface area contributed by atoms with Gasteiger partial charge in [-0.05, 0) is 63.0 Å². The quantitative estimate of drug-likeness (QED) is 0.765. The first-order chi connectivity index (χ1) is 14.2. The molecule has 1 aromatic heterocycles. The zero-order valence-electron chi connectivity index (χ0n) is 17.5. The Morgan fingerprint density at radius 3 is 2.45 bits per heavy atom. The summed E-state index contributed by atoms with van der Waals surface area (Å²) < 4.78 is 0. The molecule has 4 rings (SSSR count). The number of hydrogen-bond donors (Lipinski definition) is 0. The van der Waals surface area contributed by atoms with E-state index in [0.717, 1.165) is 90.0 Å². The lowest BCUT2D eigenvalue weighted by molar-refractivity contribution is -0.137. The van der Waals surface area contributed by atoms with Gasteiger partial charge in [0.25, 0.3) is 0 Å².